The van der Waals surface area contributed by atoms with Gasteiger partial charge in [0.1, 0.15) is 13.2 Å². The molecule has 2 rings (SSSR count). The van der Waals surface area contributed by atoms with Crippen molar-refractivity contribution in [1.82, 2.24) is 4.72 Å². The third-order valence-electron chi connectivity index (χ3n) is 2.68. The van der Waals surface area contributed by atoms with Crippen LogP contribution >= 0.6 is 0 Å². The van der Waals surface area contributed by atoms with E-state index in [4.69, 9.17) is 14.6 Å². The summed E-state index contributed by atoms with van der Waals surface area (Å²) in [6.45, 7) is 2.67. The summed E-state index contributed by atoms with van der Waals surface area (Å²) in [6.07, 6.45) is -0.174. The van der Waals surface area contributed by atoms with Crippen LogP contribution in [0.15, 0.2) is 23.1 Å². The van der Waals surface area contributed by atoms with Gasteiger partial charge in [-0.2, -0.15) is 0 Å². The molecule has 0 aliphatic carbocycles. The Kier molecular flexibility index (Phi) is 4.28. The summed E-state index contributed by atoms with van der Waals surface area (Å²) < 4.78 is 37.1. The van der Waals surface area contributed by atoms with Gasteiger partial charge in [-0.05, 0) is 25.5 Å². The number of benzene rings is 1. The van der Waals surface area contributed by atoms with Crippen LogP contribution in [0, 0.1) is 0 Å². The van der Waals surface area contributed by atoms with Crippen molar-refractivity contribution >= 4 is 10.0 Å². The number of hydrogen-bond acceptors (Lipinski definition) is 5. The van der Waals surface area contributed by atoms with Crippen LogP contribution in [0.1, 0.15) is 13.3 Å². The molecule has 0 amide bonds. The lowest BCUT2D eigenvalue weighted by molar-refractivity contribution is 0.171. The Balaban J connectivity index is 2.12. The highest BCUT2D eigenvalue weighted by Gasteiger charge is 2.19. The largest absolute Gasteiger partial charge is 0.486 e. The van der Waals surface area contributed by atoms with Crippen LogP contribution in [-0.2, 0) is 10.0 Å². The summed E-state index contributed by atoms with van der Waals surface area (Å²) in [7, 11) is -3.59. The lowest BCUT2D eigenvalue weighted by Gasteiger charge is -2.19. The normalized spacial score (nSPS) is 16.1. The van der Waals surface area contributed by atoms with Gasteiger partial charge in [0.15, 0.2) is 11.5 Å². The predicted octanol–water partition coefficient (Wildman–Crippen LogP) is 0.507. The van der Waals surface area contributed by atoms with Crippen molar-refractivity contribution in [2.24, 2.45) is 0 Å². The number of ether oxygens (including phenoxy) is 2. The SMILES string of the molecule is CC(O)CCNS(=O)(=O)c1ccc2c(c1)OCCO2. The maximum atomic E-state index is 12.0. The summed E-state index contributed by atoms with van der Waals surface area (Å²) in [5, 5.41) is 9.11. The Labute approximate surface area is 112 Å². The molecule has 1 aliphatic rings. The van der Waals surface area contributed by atoms with Crippen LogP contribution < -0.4 is 14.2 Å². The first-order valence-electron chi connectivity index (χ1n) is 6.06. The van der Waals surface area contributed by atoms with E-state index in [-0.39, 0.29) is 11.4 Å². The summed E-state index contributed by atoms with van der Waals surface area (Å²) in [5.74, 6) is 0.985. The Hall–Kier alpha value is -1.31. The molecule has 1 unspecified atom stereocenters. The van der Waals surface area contributed by atoms with Crippen molar-refractivity contribution in [3.05, 3.63) is 18.2 Å². The smallest absolute Gasteiger partial charge is 0.240 e. The average Bonchev–Trinajstić information content (AvgIpc) is 2.37. The fourth-order valence-electron chi connectivity index (χ4n) is 1.68. The molecule has 19 heavy (non-hydrogen) atoms. The highest BCUT2D eigenvalue weighted by molar-refractivity contribution is 7.89. The van der Waals surface area contributed by atoms with Crippen LogP contribution in [0.5, 0.6) is 11.5 Å². The molecule has 1 heterocycles. The second kappa shape index (κ2) is 5.77. The number of aliphatic hydroxyl groups is 1. The van der Waals surface area contributed by atoms with Crippen LogP contribution in [-0.4, -0.2) is 39.4 Å². The number of rotatable bonds is 5. The molecule has 1 aromatic carbocycles. The van der Waals surface area contributed by atoms with Gasteiger partial charge in [0.05, 0.1) is 11.0 Å². The van der Waals surface area contributed by atoms with E-state index >= 15 is 0 Å². The number of hydrogen-bond donors (Lipinski definition) is 2. The quantitative estimate of drug-likeness (QED) is 0.824. The number of sulfonamides is 1. The molecule has 0 saturated heterocycles. The van der Waals surface area contributed by atoms with Gasteiger partial charge >= 0.3 is 0 Å². The van der Waals surface area contributed by atoms with Crippen molar-refractivity contribution in [2.45, 2.75) is 24.3 Å². The molecular formula is C12H17NO5S. The molecule has 0 spiro atoms. The van der Waals surface area contributed by atoms with Gasteiger partial charge in [0.2, 0.25) is 10.0 Å². The van der Waals surface area contributed by atoms with Crippen LogP contribution in [0.25, 0.3) is 0 Å². The zero-order chi connectivity index (χ0) is 13.9. The highest BCUT2D eigenvalue weighted by Crippen LogP contribution is 2.32. The molecule has 0 bridgehead atoms. The number of aliphatic hydroxyl groups excluding tert-OH is 1. The summed E-state index contributed by atoms with van der Waals surface area (Å²) >= 11 is 0. The van der Waals surface area contributed by atoms with Crippen molar-refractivity contribution in [3.63, 3.8) is 0 Å². The Morgan fingerprint density at radius 3 is 2.68 bits per heavy atom. The first-order valence-corrected chi connectivity index (χ1v) is 7.55. The average molecular weight is 287 g/mol. The highest BCUT2D eigenvalue weighted by atomic mass is 32.2. The van der Waals surface area contributed by atoms with E-state index in [0.29, 0.717) is 31.1 Å². The van der Waals surface area contributed by atoms with Crippen LogP contribution in [0.2, 0.25) is 0 Å². The Morgan fingerprint density at radius 1 is 1.32 bits per heavy atom. The minimum Gasteiger partial charge on any atom is -0.486 e. The van der Waals surface area contributed by atoms with Crippen molar-refractivity contribution in [1.29, 1.82) is 0 Å². The molecule has 1 atom stereocenters. The zero-order valence-corrected chi connectivity index (χ0v) is 11.4. The number of fused-ring (bicyclic) bond motifs is 1. The molecule has 2 N–H and O–H groups in total. The topological polar surface area (TPSA) is 84.9 Å². The molecule has 1 aliphatic heterocycles. The maximum absolute atomic E-state index is 12.0. The minimum atomic E-state index is -3.59. The molecular weight excluding hydrogens is 270 g/mol. The second-order valence-electron chi connectivity index (χ2n) is 4.34. The van der Waals surface area contributed by atoms with Crippen LogP contribution in [0.3, 0.4) is 0 Å². The second-order valence-corrected chi connectivity index (χ2v) is 6.11. The van der Waals surface area contributed by atoms with E-state index in [1.807, 2.05) is 0 Å². The number of nitrogens with one attached hydrogen (secondary N) is 1. The summed E-state index contributed by atoms with van der Waals surface area (Å²) in [4.78, 5) is 0.127. The molecule has 1 aromatic rings. The maximum Gasteiger partial charge on any atom is 0.240 e. The van der Waals surface area contributed by atoms with Gasteiger partial charge in [-0.1, -0.05) is 0 Å². The van der Waals surface area contributed by atoms with E-state index in [9.17, 15) is 8.42 Å². The molecule has 0 saturated carbocycles. The molecule has 0 fully saturated rings. The molecule has 0 radical (unpaired) electrons. The molecule has 0 aromatic heterocycles. The molecule has 7 heteroatoms. The van der Waals surface area contributed by atoms with Gasteiger partial charge in [-0.15, -0.1) is 0 Å². The van der Waals surface area contributed by atoms with Crippen molar-refractivity contribution < 1.29 is 23.0 Å². The van der Waals surface area contributed by atoms with E-state index in [1.54, 1.807) is 13.0 Å². The van der Waals surface area contributed by atoms with Gasteiger partial charge in [-0.3, -0.25) is 0 Å². The fraction of sp³-hybridized carbons (Fsp3) is 0.500. The minimum absolute atomic E-state index is 0.127. The molecule has 106 valence electrons. The van der Waals surface area contributed by atoms with Crippen LogP contribution in [0.4, 0.5) is 0 Å². The standard InChI is InChI=1S/C12H17NO5S/c1-9(14)4-5-13-19(15,16)10-2-3-11-12(8-10)18-7-6-17-11/h2-3,8-9,13-14H,4-7H2,1H3. The van der Waals surface area contributed by atoms with E-state index in [2.05, 4.69) is 4.72 Å². The predicted molar refractivity (Wildman–Crippen MR) is 68.9 cm³/mol. The third-order valence-corrected chi connectivity index (χ3v) is 4.14. The van der Waals surface area contributed by atoms with E-state index < -0.39 is 16.1 Å². The molecule has 6 nitrogen and oxygen atoms in total. The lowest BCUT2D eigenvalue weighted by Crippen LogP contribution is -2.27. The van der Waals surface area contributed by atoms with Gasteiger partial charge in [0.25, 0.3) is 0 Å². The van der Waals surface area contributed by atoms with E-state index in [0.717, 1.165) is 0 Å². The summed E-state index contributed by atoms with van der Waals surface area (Å²) in [6, 6.07) is 4.50. The summed E-state index contributed by atoms with van der Waals surface area (Å²) in [5.41, 5.74) is 0. The van der Waals surface area contributed by atoms with Crippen molar-refractivity contribution in [3.8, 4) is 11.5 Å². The monoisotopic (exact) mass is 287 g/mol. The van der Waals surface area contributed by atoms with Gasteiger partial charge in [-0.25, -0.2) is 13.1 Å². The lowest BCUT2D eigenvalue weighted by atomic mass is 10.3. The Bertz CT molecular complexity index is 541. The third kappa shape index (κ3) is 3.59. The van der Waals surface area contributed by atoms with Gasteiger partial charge in [0, 0.05) is 12.6 Å². The van der Waals surface area contributed by atoms with Crippen molar-refractivity contribution in [2.75, 3.05) is 19.8 Å². The first-order chi connectivity index (χ1) is 8.99. The Morgan fingerprint density at radius 2 is 2.00 bits per heavy atom. The zero-order valence-electron chi connectivity index (χ0n) is 10.6. The fourth-order valence-corrected chi connectivity index (χ4v) is 2.74. The first kappa shape index (κ1) is 14.1. The van der Waals surface area contributed by atoms with Gasteiger partial charge < -0.3 is 14.6 Å². The van der Waals surface area contributed by atoms with E-state index in [1.165, 1.54) is 12.1 Å².